The zero-order chi connectivity index (χ0) is 21.8. The van der Waals surface area contributed by atoms with Crippen LogP contribution in [0.5, 0.6) is 0 Å². The highest BCUT2D eigenvalue weighted by molar-refractivity contribution is 7.20. The van der Waals surface area contributed by atoms with Crippen LogP contribution in [0.2, 0.25) is 0 Å². The van der Waals surface area contributed by atoms with E-state index in [2.05, 4.69) is 39.3 Å². The number of thiophene rings is 1. The Morgan fingerprint density at radius 3 is 2.39 bits per heavy atom. The quantitative estimate of drug-likeness (QED) is 0.385. The number of aryl methyl sites for hydroxylation is 1. The maximum Gasteiger partial charge on any atom is 0.265 e. The van der Waals surface area contributed by atoms with E-state index in [1.54, 1.807) is 0 Å². The lowest BCUT2D eigenvalue weighted by Gasteiger charge is -2.20. The molecular weight excluding hydrogens is 406 g/mol. The first-order chi connectivity index (χ1) is 15.1. The number of benzene rings is 2. The smallest absolute Gasteiger partial charge is 0.265 e. The SMILES string of the molecule is CCN(CC)c1cc(Nc2ccc(NC(=O)c3cc4ccccc4s3)cc2)nc(C)n1. The van der Waals surface area contributed by atoms with Gasteiger partial charge in [-0.25, -0.2) is 9.97 Å². The minimum absolute atomic E-state index is 0.0998. The van der Waals surface area contributed by atoms with Crippen LogP contribution in [0.4, 0.5) is 23.0 Å². The van der Waals surface area contributed by atoms with Crippen molar-refractivity contribution in [2.75, 3.05) is 28.6 Å². The molecule has 158 valence electrons. The Kier molecular flexibility index (Phi) is 6.13. The zero-order valence-electron chi connectivity index (χ0n) is 17.8. The van der Waals surface area contributed by atoms with Crippen molar-refractivity contribution < 1.29 is 4.79 Å². The molecule has 31 heavy (non-hydrogen) atoms. The lowest BCUT2D eigenvalue weighted by molar-refractivity contribution is 0.103. The Morgan fingerprint density at radius 1 is 0.968 bits per heavy atom. The van der Waals surface area contributed by atoms with Crippen LogP contribution in [0.25, 0.3) is 10.1 Å². The van der Waals surface area contributed by atoms with Gasteiger partial charge in [-0.15, -0.1) is 11.3 Å². The molecule has 4 rings (SSSR count). The average molecular weight is 432 g/mol. The molecule has 0 saturated carbocycles. The number of carbonyl (C=O) groups excluding carboxylic acids is 1. The Labute approximate surface area is 186 Å². The number of nitrogens with zero attached hydrogens (tertiary/aromatic N) is 3. The molecule has 0 unspecified atom stereocenters. The van der Waals surface area contributed by atoms with E-state index in [-0.39, 0.29) is 5.91 Å². The van der Waals surface area contributed by atoms with E-state index in [1.165, 1.54) is 11.3 Å². The van der Waals surface area contributed by atoms with Crippen LogP contribution in [0, 0.1) is 6.92 Å². The van der Waals surface area contributed by atoms with E-state index < -0.39 is 0 Å². The standard InChI is InChI=1S/C24H25N5OS/c1-4-29(5-2)23-15-22(25-16(3)26-23)27-18-10-12-19(13-11-18)28-24(30)21-14-17-8-6-7-9-20(17)31-21/h6-15H,4-5H2,1-3H3,(H,28,30)(H,25,26,27). The minimum atomic E-state index is -0.0998. The summed E-state index contributed by atoms with van der Waals surface area (Å²) in [5.41, 5.74) is 1.64. The van der Waals surface area contributed by atoms with Crippen LogP contribution in [0.3, 0.4) is 0 Å². The van der Waals surface area contributed by atoms with E-state index in [1.807, 2.05) is 67.6 Å². The Morgan fingerprint density at radius 2 is 1.68 bits per heavy atom. The van der Waals surface area contributed by atoms with Gasteiger partial charge in [0.1, 0.15) is 17.5 Å². The molecule has 0 aliphatic rings. The molecule has 2 aromatic carbocycles. The summed E-state index contributed by atoms with van der Waals surface area (Å²) in [6.07, 6.45) is 0. The molecule has 0 saturated heterocycles. The number of rotatable bonds is 7. The van der Waals surface area contributed by atoms with E-state index in [0.717, 1.165) is 52.0 Å². The van der Waals surface area contributed by atoms with Crippen molar-refractivity contribution in [3.05, 3.63) is 71.4 Å². The van der Waals surface area contributed by atoms with E-state index in [0.29, 0.717) is 4.88 Å². The van der Waals surface area contributed by atoms with Crippen molar-refractivity contribution >= 4 is 50.3 Å². The van der Waals surface area contributed by atoms with Crippen molar-refractivity contribution in [2.45, 2.75) is 20.8 Å². The number of fused-ring (bicyclic) bond motifs is 1. The van der Waals surface area contributed by atoms with Gasteiger partial charge in [-0.1, -0.05) is 18.2 Å². The van der Waals surface area contributed by atoms with Crippen molar-refractivity contribution in [3.63, 3.8) is 0 Å². The predicted octanol–water partition coefficient (Wildman–Crippen LogP) is 5.84. The third kappa shape index (κ3) is 4.83. The number of anilines is 4. The molecule has 0 aliphatic carbocycles. The van der Waals surface area contributed by atoms with E-state index >= 15 is 0 Å². The number of amides is 1. The average Bonchev–Trinajstić information content (AvgIpc) is 3.20. The fourth-order valence-corrected chi connectivity index (χ4v) is 4.35. The first kappa shape index (κ1) is 20.8. The second-order valence-electron chi connectivity index (χ2n) is 7.14. The number of nitrogens with one attached hydrogen (secondary N) is 2. The molecule has 6 nitrogen and oxygen atoms in total. The van der Waals surface area contributed by atoms with Gasteiger partial charge in [0, 0.05) is 35.2 Å². The van der Waals surface area contributed by atoms with E-state index in [9.17, 15) is 4.79 Å². The number of hydrogen-bond acceptors (Lipinski definition) is 6. The first-order valence-electron chi connectivity index (χ1n) is 10.3. The molecule has 2 heterocycles. The van der Waals surface area contributed by atoms with Crippen LogP contribution < -0.4 is 15.5 Å². The van der Waals surface area contributed by atoms with E-state index in [4.69, 9.17) is 0 Å². The molecule has 0 spiro atoms. The van der Waals surface area contributed by atoms with Gasteiger partial charge in [-0.3, -0.25) is 4.79 Å². The number of carbonyl (C=O) groups is 1. The molecule has 2 aromatic heterocycles. The summed E-state index contributed by atoms with van der Waals surface area (Å²) >= 11 is 1.50. The van der Waals surface area contributed by atoms with Crippen LogP contribution in [0.1, 0.15) is 29.3 Å². The normalized spacial score (nSPS) is 10.8. The molecule has 7 heteroatoms. The highest BCUT2D eigenvalue weighted by atomic mass is 32.1. The summed E-state index contributed by atoms with van der Waals surface area (Å²) in [4.78, 5) is 24.5. The molecule has 2 N–H and O–H groups in total. The predicted molar refractivity (Wildman–Crippen MR) is 130 cm³/mol. The van der Waals surface area contributed by atoms with Gasteiger partial charge in [0.05, 0.1) is 4.88 Å². The second kappa shape index (κ2) is 9.14. The summed E-state index contributed by atoms with van der Waals surface area (Å²) < 4.78 is 1.11. The van der Waals surface area contributed by atoms with Crippen molar-refractivity contribution in [2.24, 2.45) is 0 Å². The maximum atomic E-state index is 12.6. The fourth-order valence-electron chi connectivity index (χ4n) is 3.40. The summed E-state index contributed by atoms with van der Waals surface area (Å²) in [5.74, 6) is 2.28. The largest absolute Gasteiger partial charge is 0.357 e. The molecule has 0 bridgehead atoms. The van der Waals surface area contributed by atoms with Gasteiger partial charge in [-0.2, -0.15) is 0 Å². The van der Waals surface area contributed by atoms with Crippen LogP contribution >= 0.6 is 11.3 Å². The molecular formula is C24H25N5OS. The lowest BCUT2D eigenvalue weighted by Crippen LogP contribution is -2.23. The van der Waals surface area contributed by atoms with Crippen molar-refractivity contribution in [1.29, 1.82) is 0 Å². The maximum absolute atomic E-state index is 12.6. The van der Waals surface area contributed by atoms with Crippen LogP contribution in [-0.2, 0) is 0 Å². The number of aromatic nitrogens is 2. The van der Waals surface area contributed by atoms with Gasteiger partial charge in [-0.05, 0) is 62.6 Å². The van der Waals surface area contributed by atoms with Crippen molar-refractivity contribution in [3.8, 4) is 0 Å². The van der Waals surface area contributed by atoms with Crippen LogP contribution in [-0.4, -0.2) is 29.0 Å². The third-order valence-corrected chi connectivity index (χ3v) is 6.09. The molecule has 4 aromatic rings. The van der Waals surface area contributed by atoms with Crippen molar-refractivity contribution in [1.82, 2.24) is 9.97 Å². The molecule has 0 aliphatic heterocycles. The summed E-state index contributed by atoms with van der Waals surface area (Å²) in [5, 5.41) is 7.38. The summed E-state index contributed by atoms with van der Waals surface area (Å²) in [6, 6.07) is 19.5. The highest BCUT2D eigenvalue weighted by Crippen LogP contribution is 2.26. The topological polar surface area (TPSA) is 70.2 Å². The first-order valence-corrected chi connectivity index (χ1v) is 11.1. The van der Waals surface area contributed by atoms with Gasteiger partial charge in [0.15, 0.2) is 0 Å². The molecule has 0 radical (unpaired) electrons. The number of hydrogen-bond donors (Lipinski definition) is 2. The van der Waals surface area contributed by atoms with Crippen LogP contribution in [0.15, 0.2) is 60.7 Å². The Hall–Kier alpha value is -3.45. The Bertz CT molecular complexity index is 1170. The highest BCUT2D eigenvalue weighted by Gasteiger charge is 2.11. The minimum Gasteiger partial charge on any atom is -0.357 e. The lowest BCUT2D eigenvalue weighted by atomic mass is 10.2. The zero-order valence-corrected chi connectivity index (χ0v) is 18.7. The molecule has 0 atom stereocenters. The van der Waals surface area contributed by atoms with Gasteiger partial charge in [0.2, 0.25) is 0 Å². The summed E-state index contributed by atoms with van der Waals surface area (Å²) in [6.45, 7) is 7.89. The monoisotopic (exact) mass is 431 g/mol. The van der Waals surface area contributed by atoms with Gasteiger partial charge >= 0.3 is 0 Å². The molecule has 0 fully saturated rings. The van der Waals surface area contributed by atoms with Gasteiger partial charge < -0.3 is 15.5 Å². The summed E-state index contributed by atoms with van der Waals surface area (Å²) in [7, 11) is 0. The molecule has 1 amide bonds. The van der Waals surface area contributed by atoms with Gasteiger partial charge in [0.25, 0.3) is 5.91 Å². The third-order valence-electron chi connectivity index (χ3n) is 4.98. The second-order valence-corrected chi connectivity index (χ2v) is 8.22. The fraction of sp³-hybridized carbons (Fsp3) is 0.208. The Balaban J connectivity index is 1.45.